The number of nitrogens with one attached hydrogen (secondary N) is 3. The van der Waals surface area contributed by atoms with Crippen LogP contribution in [-0.4, -0.2) is 31.7 Å². The quantitative estimate of drug-likeness (QED) is 0.531. The summed E-state index contributed by atoms with van der Waals surface area (Å²) in [4.78, 5) is 13.3. The van der Waals surface area contributed by atoms with Crippen LogP contribution >= 0.6 is 12.2 Å². The van der Waals surface area contributed by atoms with Crippen molar-refractivity contribution in [3.8, 4) is 5.75 Å². The molecule has 0 spiro atoms. The van der Waals surface area contributed by atoms with E-state index in [1.165, 1.54) is 0 Å². The van der Waals surface area contributed by atoms with Gasteiger partial charge in [0.2, 0.25) is 0 Å². The molecule has 0 aliphatic carbocycles. The van der Waals surface area contributed by atoms with Crippen molar-refractivity contribution >= 4 is 45.8 Å². The van der Waals surface area contributed by atoms with Crippen LogP contribution in [-0.2, 0) is 0 Å². The molecule has 0 saturated heterocycles. The highest BCUT2D eigenvalue weighted by Crippen LogP contribution is 2.26. The molecule has 128 valence electrons. The number of aromatic hydroxyl groups is 1. The first-order valence-corrected chi connectivity index (χ1v) is 8.22. The fourth-order valence-electron chi connectivity index (χ4n) is 2.25. The number of benzene rings is 1. The molecule has 0 amide bonds. The number of hydrogen-bond donors (Lipinski definition) is 4. The molecule has 0 radical (unpaired) electrons. The lowest BCUT2D eigenvalue weighted by molar-refractivity contribution is 0.471. The zero-order valence-electron chi connectivity index (χ0n) is 13.9. The number of phenolic OH excluding ortho intramolecular Hbond substituents is 1. The second-order valence-electron chi connectivity index (χ2n) is 5.35. The van der Waals surface area contributed by atoms with Crippen LogP contribution in [0, 0.1) is 6.92 Å². The Morgan fingerprint density at radius 1 is 1.16 bits per heavy atom. The molecule has 0 fully saturated rings. The lowest BCUT2D eigenvalue weighted by atomic mass is 10.2. The average molecular weight is 354 g/mol. The van der Waals surface area contributed by atoms with E-state index in [1.54, 1.807) is 24.4 Å². The monoisotopic (exact) mass is 354 g/mol. The molecule has 7 nitrogen and oxygen atoms in total. The van der Waals surface area contributed by atoms with E-state index in [-0.39, 0.29) is 5.75 Å². The Morgan fingerprint density at radius 3 is 2.76 bits per heavy atom. The summed E-state index contributed by atoms with van der Waals surface area (Å²) >= 11 is 5.16. The van der Waals surface area contributed by atoms with Crippen LogP contribution in [0.5, 0.6) is 5.75 Å². The summed E-state index contributed by atoms with van der Waals surface area (Å²) in [6.45, 7) is 4.53. The number of thiocarbonyl (C=S) groups is 1. The molecule has 0 bridgehead atoms. The molecular weight excluding hydrogens is 336 g/mol. The van der Waals surface area contributed by atoms with E-state index >= 15 is 0 Å². The first kappa shape index (κ1) is 16.8. The molecule has 0 unspecified atom stereocenters. The molecule has 1 aromatic carbocycles. The van der Waals surface area contributed by atoms with E-state index in [0.29, 0.717) is 27.9 Å². The van der Waals surface area contributed by atoms with E-state index in [0.717, 1.165) is 17.8 Å². The molecule has 4 N–H and O–H groups in total. The minimum atomic E-state index is 0.222. The maximum atomic E-state index is 9.80. The standard InChI is InChI=1S/C17H18N6OS/c1-3-18-17(25)23-14-8-7-12-16(21-14)22-15(9-19-12)20-11-5-4-6-13(24)10(11)2/h4-9,24H,3H2,1-2H3,(H3,18,20,21,22,23,25). The molecule has 3 rings (SSSR count). The van der Waals surface area contributed by atoms with E-state index in [9.17, 15) is 5.11 Å². The molecule has 25 heavy (non-hydrogen) atoms. The van der Waals surface area contributed by atoms with Crippen LogP contribution in [0.1, 0.15) is 12.5 Å². The Labute approximate surface area is 150 Å². The molecule has 0 aliphatic rings. The first-order chi connectivity index (χ1) is 12.1. The van der Waals surface area contributed by atoms with Crippen LogP contribution in [0.15, 0.2) is 36.5 Å². The Morgan fingerprint density at radius 2 is 1.96 bits per heavy atom. The van der Waals surface area contributed by atoms with Crippen molar-refractivity contribution in [2.24, 2.45) is 0 Å². The minimum Gasteiger partial charge on any atom is -0.508 e. The molecule has 0 aliphatic heterocycles. The van der Waals surface area contributed by atoms with Gasteiger partial charge < -0.3 is 21.1 Å². The molecule has 3 aromatic rings. The van der Waals surface area contributed by atoms with Gasteiger partial charge >= 0.3 is 0 Å². The fourth-order valence-corrected chi connectivity index (χ4v) is 2.49. The van der Waals surface area contributed by atoms with E-state index in [2.05, 4.69) is 30.9 Å². The molecule has 0 atom stereocenters. The van der Waals surface area contributed by atoms with Crippen LogP contribution < -0.4 is 16.0 Å². The van der Waals surface area contributed by atoms with Crippen molar-refractivity contribution in [2.45, 2.75) is 13.8 Å². The third-order valence-corrected chi connectivity index (χ3v) is 3.80. The molecule has 2 aromatic heterocycles. The van der Waals surface area contributed by atoms with Crippen LogP contribution in [0.2, 0.25) is 0 Å². The summed E-state index contributed by atoms with van der Waals surface area (Å²) in [5, 5.41) is 19.5. The van der Waals surface area contributed by atoms with Gasteiger partial charge in [-0.25, -0.2) is 15.0 Å². The van der Waals surface area contributed by atoms with E-state index in [4.69, 9.17) is 12.2 Å². The third-order valence-electron chi connectivity index (χ3n) is 3.55. The molecule has 0 saturated carbocycles. The van der Waals surface area contributed by atoms with Gasteiger partial charge in [0.15, 0.2) is 16.6 Å². The number of nitrogens with zero attached hydrogens (tertiary/aromatic N) is 3. The third kappa shape index (κ3) is 3.92. The lowest BCUT2D eigenvalue weighted by Crippen LogP contribution is -2.28. The SMILES string of the molecule is CCNC(=S)Nc1ccc2ncc(Nc3cccc(O)c3C)nc2n1. The fraction of sp³-hybridized carbons (Fsp3) is 0.176. The highest BCUT2D eigenvalue weighted by Gasteiger charge is 2.07. The number of phenols is 1. The number of fused-ring (bicyclic) bond motifs is 1. The van der Waals surface area contributed by atoms with E-state index in [1.807, 2.05) is 26.0 Å². The zero-order chi connectivity index (χ0) is 17.8. The largest absolute Gasteiger partial charge is 0.508 e. The minimum absolute atomic E-state index is 0.222. The topological polar surface area (TPSA) is 95.0 Å². The van der Waals surface area contributed by atoms with Gasteiger partial charge in [-0.1, -0.05) is 6.07 Å². The molecule has 2 heterocycles. The molecule has 8 heteroatoms. The van der Waals surface area contributed by atoms with Crippen molar-refractivity contribution < 1.29 is 5.11 Å². The van der Waals surface area contributed by atoms with Gasteiger partial charge in [-0.3, -0.25) is 0 Å². The van der Waals surface area contributed by atoms with Gasteiger partial charge in [0.05, 0.1) is 6.20 Å². The lowest BCUT2D eigenvalue weighted by Gasteiger charge is -2.11. The summed E-state index contributed by atoms with van der Waals surface area (Å²) in [5.74, 6) is 1.36. The summed E-state index contributed by atoms with van der Waals surface area (Å²) in [5.41, 5.74) is 2.67. The van der Waals surface area contributed by atoms with Crippen molar-refractivity contribution in [1.29, 1.82) is 0 Å². The second-order valence-corrected chi connectivity index (χ2v) is 5.76. The first-order valence-electron chi connectivity index (χ1n) is 7.81. The van der Waals surface area contributed by atoms with Gasteiger partial charge in [-0.15, -0.1) is 0 Å². The Bertz CT molecular complexity index is 930. The van der Waals surface area contributed by atoms with Crippen molar-refractivity contribution in [3.05, 3.63) is 42.1 Å². The normalized spacial score (nSPS) is 10.5. The van der Waals surface area contributed by atoms with E-state index < -0.39 is 0 Å². The van der Waals surface area contributed by atoms with Crippen LogP contribution in [0.3, 0.4) is 0 Å². The Hall–Kier alpha value is -3.00. The highest BCUT2D eigenvalue weighted by molar-refractivity contribution is 7.80. The van der Waals surface area contributed by atoms with Crippen molar-refractivity contribution in [1.82, 2.24) is 20.3 Å². The van der Waals surface area contributed by atoms with Crippen LogP contribution in [0.4, 0.5) is 17.3 Å². The Balaban J connectivity index is 1.87. The molecular formula is C17H18N6OS. The number of rotatable bonds is 4. The maximum Gasteiger partial charge on any atom is 0.182 e. The van der Waals surface area contributed by atoms with Gasteiger partial charge in [0.1, 0.15) is 17.1 Å². The summed E-state index contributed by atoms with van der Waals surface area (Å²) < 4.78 is 0. The van der Waals surface area contributed by atoms with Gasteiger partial charge in [0, 0.05) is 17.8 Å². The predicted molar refractivity (Wildman–Crippen MR) is 103 cm³/mol. The zero-order valence-corrected chi connectivity index (χ0v) is 14.7. The van der Waals surface area contributed by atoms with Crippen molar-refractivity contribution in [3.63, 3.8) is 0 Å². The summed E-state index contributed by atoms with van der Waals surface area (Å²) in [7, 11) is 0. The predicted octanol–water partition coefficient (Wildman–Crippen LogP) is 3.09. The highest BCUT2D eigenvalue weighted by atomic mass is 32.1. The number of pyridine rings is 1. The number of anilines is 3. The van der Waals surface area contributed by atoms with Gasteiger partial charge in [0.25, 0.3) is 0 Å². The van der Waals surface area contributed by atoms with Crippen molar-refractivity contribution in [2.75, 3.05) is 17.2 Å². The van der Waals surface area contributed by atoms with Gasteiger partial charge in [-0.2, -0.15) is 0 Å². The number of aromatic nitrogens is 3. The second kappa shape index (κ2) is 7.27. The summed E-state index contributed by atoms with van der Waals surface area (Å²) in [6, 6.07) is 8.89. The maximum absolute atomic E-state index is 9.80. The average Bonchev–Trinajstić information content (AvgIpc) is 2.59. The van der Waals surface area contributed by atoms with Gasteiger partial charge in [-0.05, 0) is 50.3 Å². The smallest absolute Gasteiger partial charge is 0.182 e. The summed E-state index contributed by atoms with van der Waals surface area (Å²) in [6.07, 6.45) is 1.63. The van der Waals surface area contributed by atoms with Crippen LogP contribution in [0.25, 0.3) is 11.2 Å². The Kier molecular flexibility index (Phi) is 4.90. The number of hydrogen-bond acceptors (Lipinski definition) is 6.